The van der Waals surface area contributed by atoms with Crippen LogP contribution < -0.4 is 0 Å². The van der Waals surface area contributed by atoms with Crippen LogP contribution in [0.15, 0.2) is 0 Å². The number of nitrogens with zero attached hydrogens (tertiary/aromatic N) is 2. The summed E-state index contributed by atoms with van der Waals surface area (Å²) in [6.07, 6.45) is 1.43. The second-order valence-electron chi connectivity index (χ2n) is 5.00. The van der Waals surface area contributed by atoms with E-state index in [4.69, 9.17) is 0 Å². The Morgan fingerprint density at radius 3 is 2.00 bits per heavy atom. The lowest BCUT2D eigenvalue weighted by Gasteiger charge is -2.32. The van der Waals surface area contributed by atoms with Crippen LogP contribution in [-0.2, 0) is 28.1 Å². The summed E-state index contributed by atoms with van der Waals surface area (Å²) in [4.78, 5) is 27.9. The Morgan fingerprint density at radius 1 is 1.30 bits per heavy atom. The van der Waals surface area contributed by atoms with Gasteiger partial charge in [0.15, 0.2) is 5.78 Å². The Morgan fingerprint density at radius 2 is 1.83 bits per heavy atom. The molecule has 8 nitrogen and oxygen atoms in total. The number of amides is 1. The van der Waals surface area contributed by atoms with E-state index in [9.17, 15) is 18.7 Å². The minimum absolute atomic E-state index is 0.0278. The maximum Gasteiger partial charge on any atom is 0.468 e. The predicted octanol–water partition coefficient (Wildman–Crippen LogP) is 2.20. The summed E-state index contributed by atoms with van der Waals surface area (Å²) in [6.45, 7) is 9.37. The molecule has 0 radical (unpaired) electrons. The van der Waals surface area contributed by atoms with Crippen molar-refractivity contribution in [1.82, 2.24) is 9.96 Å². The largest absolute Gasteiger partial charge is 0.468 e. The highest BCUT2D eigenvalue weighted by molar-refractivity contribution is 7.24. The molecule has 0 aliphatic carbocycles. The van der Waals surface area contributed by atoms with E-state index in [1.54, 1.807) is 14.0 Å². The summed E-state index contributed by atoms with van der Waals surface area (Å²) >= 11 is 0. The van der Waals surface area contributed by atoms with E-state index in [0.717, 1.165) is 6.42 Å². The molecule has 0 unspecified atom stereocenters. The fourth-order valence-electron chi connectivity index (χ4n) is 1.35. The highest BCUT2D eigenvalue weighted by Gasteiger charge is 2.24. The van der Waals surface area contributed by atoms with Gasteiger partial charge < -0.3 is 0 Å². The number of likely N-dealkylation sites (tertiary alicyclic amines) is 1. The fourth-order valence-corrected chi connectivity index (χ4v) is 1.56. The van der Waals surface area contributed by atoms with Crippen LogP contribution >= 0.6 is 7.91 Å². The van der Waals surface area contributed by atoms with Gasteiger partial charge in [-0.25, -0.2) is 14.2 Å². The molecule has 0 aromatic rings. The first-order valence-electron chi connectivity index (χ1n) is 7.53. The molecule has 0 bridgehead atoms. The minimum Gasteiger partial charge on any atom is -0.297 e. The van der Waals surface area contributed by atoms with Crippen molar-refractivity contribution in [1.29, 1.82) is 0 Å². The Kier molecular flexibility index (Phi) is 15.3. The van der Waals surface area contributed by atoms with E-state index in [-0.39, 0.29) is 12.5 Å². The molecule has 1 aliphatic heterocycles. The minimum atomic E-state index is -2.60. The van der Waals surface area contributed by atoms with Crippen LogP contribution in [0.2, 0.25) is 0 Å². The summed E-state index contributed by atoms with van der Waals surface area (Å²) < 4.78 is 22.8. The average Bonchev–Trinajstić information content (AvgIpc) is 2.44. The van der Waals surface area contributed by atoms with Crippen molar-refractivity contribution in [3.63, 3.8) is 0 Å². The first-order valence-corrected chi connectivity index (χ1v) is 8.62. The monoisotopic (exact) mass is 352 g/mol. The van der Waals surface area contributed by atoms with Gasteiger partial charge in [0.05, 0.1) is 26.8 Å². The van der Waals surface area contributed by atoms with Crippen LogP contribution in [0, 0.1) is 0 Å². The molecule has 136 valence electrons. The molecule has 1 aliphatic rings. The molecule has 0 N–H and O–H groups in total. The zero-order valence-corrected chi connectivity index (χ0v) is 15.8. The van der Waals surface area contributed by atoms with E-state index < -0.39 is 7.91 Å². The Bertz CT molecular complexity index is 396. The van der Waals surface area contributed by atoms with Gasteiger partial charge in [-0.15, -0.1) is 0 Å². The molecule has 1 heterocycles. The van der Waals surface area contributed by atoms with E-state index in [0.29, 0.717) is 31.3 Å². The van der Waals surface area contributed by atoms with Crippen molar-refractivity contribution in [2.24, 2.45) is 0 Å². The van der Waals surface area contributed by atoms with Crippen LogP contribution in [0.5, 0.6) is 0 Å². The molecule has 1 fully saturated rings. The van der Waals surface area contributed by atoms with E-state index in [2.05, 4.69) is 28.1 Å². The Labute approximate surface area is 139 Å². The molecule has 0 atom stereocenters. The molecule has 0 saturated carbocycles. The average molecular weight is 352 g/mol. The number of hydroxylamine groups is 2. The van der Waals surface area contributed by atoms with Crippen LogP contribution in [0.3, 0.4) is 0 Å². The third kappa shape index (κ3) is 14.3. The lowest BCUT2D eigenvalue weighted by molar-refractivity contribution is -0.168. The molecule has 0 aromatic heterocycles. The number of hydrogen-bond acceptors (Lipinski definition) is 7. The third-order valence-corrected chi connectivity index (χ3v) is 3.28. The van der Waals surface area contributed by atoms with E-state index in [1.807, 2.05) is 6.92 Å². The van der Waals surface area contributed by atoms with Gasteiger partial charge in [-0.1, -0.05) is 6.92 Å². The van der Waals surface area contributed by atoms with Gasteiger partial charge in [0.25, 0.3) is 0 Å². The lowest BCUT2D eigenvalue weighted by Crippen LogP contribution is -2.50. The zero-order valence-electron chi connectivity index (χ0n) is 14.9. The van der Waals surface area contributed by atoms with Crippen LogP contribution in [-0.4, -0.2) is 61.5 Å². The molecule has 1 saturated heterocycles. The third-order valence-electron chi connectivity index (χ3n) is 2.81. The molecule has 0 aromatic carbocycles. The maximum atomic E-state index is 10.8. The second kappa shape index (κ2) is 14.5. The van der Waals surface area contributed by atoms with Gasteiger partial charge in [0.2, 0.25) is 5.91 Å². The van der Waals surface area contributed by atoms with Gasteiger partial charge >= 0.3 is 7.91 Å². The van der Waals surface area contributed by atoms with Crippen LogP contribution in [0.25, 0.3) is 0 Å². The van der Waals surface area contributed by atoms with Crippen molar-refractivity contribution in [2.45, 2.75) is 46.6 Å². The molecule has 0 spiro atoms. The van der Waals surface area contributed by atoms with Crippen molar-refractivity contribution in [2.75, 3.05) is 33.9 Å². The fraction of sp³-hybridized carbons (Fsp3) is 0.857. The van der Waals surface area contributed by atoms with Gasteiger partial charge in [0.1, 0.15) is 0 Å². The molecule has 1 rings (SSSR count). The van der Waals surface area contributed by atoms with Gasteiger partial charge in [-0.3, -0.25) is 23.9 Å². The summed E-state index contributed by atoms with van der Waals surface area (Å²) in [5.41, 5.74) is 0. The highest BCUT2D eigenvalue weighted by atomic mass is 31.1. The predicted molar refractivity (Wildman–Crippen MR) is 86.3 cm³/mol. The van der Waals surface area contributed by atoms with E-state index >= 15 is 0 Å². The quantitative estimate of drug-likeness (QED) is 0.534. The van der Waals surface area contributed by atoms with Gasteiger partial charge in [0, 0.05) is 19.5 Å². The van der Waals surface area contributed by atoms with E-state index in [1.165, 1.54) is 12.2 Å². The summed E-state index contributed by atoms with van der Waals surface area (Å²) in [5, 5.41) is 1.24. The number of carbonyl (C=O) groups is 2. The lowest BCUT2D eigenvalue weighted by atomic mass is 10.1. The zero-order chi connectivity index (χ0) is 18.4. The smallest absolute Gasteiger partial charge is 0.297 e. The van der Waals surface area contributed by atoms with Gasteiger partial charge in [-0.05, 0) is 27.2 Å². The molecular weight excluding hydrogens is 323 g/mol. The summed E-state index contributed by atoms with van der Waals surface area (Å²) in [7, 11) is 0.488. The van der Waals surface area contributed by atoms with Crippen molar-refractivity contribution >= 4 is 19.6 Å². The number of carbonyl (C=O) groups excluding carboxylic acids is 2. The molecule has 9 heteroatoms. The van der Waals surface area contributed by atoms with Gasteiger partial charge in [-0.2, -0.15) is 0 Å². The topological polar surface area (TPSA) is 93.2 Å². The standard InChI is InChI=1S/C6H13NO2.C6H11NO.C2H5O3P/c1-4-5-6(8)7(2)9-3;1-5(2)7-3-6(8)4-7;1-2-5-6(3)4/h4-5H2,1-3H3;5H,3-4H2,1-2H3;2H2,1H3. The molecule has 1 amide bonds. The summed E-state index contributed by atoms with van der Waals surface area (Å²) in [6, 6.07) is 0.549. The maximum absolute atomic E-state index is 10.8. The first kappa shape index (κ1) is 24.2. The van der Waals surface area contributed by atoms with Crippen molar-refractivity contribution in [3.8, 4) is 0 Å². The molecule has 23 heavy (non-hydrogen) atoms. The first-order chi connectivity index (χ1) is 10.7. The molecular formula is C14H29N2O6P. The van der Waals surface area contributed by atoms with Crippen LogP contribution in [0.1, 0.15) is 40.5 Å². The van der Waals surface area contributed by atoms with Crippen LogP contribution in [0.4, 0.5) is 0 Å². The summed E-state index contributed by atoms with van der Waals surface area (Å²) in [5.74, 6) is 0.402. The second-order valence-corrected chi connectivity index (χ2v) is 5.71. The Balaban J connectivity index is 0. The Hall–Kier alpha value is -1.08. The SMILES string of the molecule is CC(C)N1CC(=O)C1.CCCC(=O)N(C)OC.CCOP(=O)=O. The number of rotatable bonds is 6. The van der Waals surface area contributed by atoms with Crippen molar-refractivity contribution in [3.05, 3.63) is 0 Å². The van der Waals surface area contributed by atoms with Crippen molar-refractivity contribution < 1.29 is 28.1 Å². The number of Topliss-reactive ketones (excluding diaryl/α,β-unsaturated/α-hetero) is 1. The number of hydrogen-bond donors (Lipinski definition) is 0. The number of ketones is 1. The highest BCUT2D eigenvalue weighted by Crippen LogP contribution is 2.05. The normalized spacial score (nSPS) is 13.3.